The highest BCUT2D eigenvalue weighted by atomic mass is 16.5. The maximum Gasteiger partial charge on any atom is 0.220 e. The molecule has 112 valence electrons. The Hall–Kier alpha value is -0.650. The van der Waals surface area contributed by atoms with E-state index < -0.39 is 6.10 Å². The summed E-state index contributed by atoms with van der Waals surface area (Å²) in [7, 11) is 0. The topological polar surface area (TPSA) is 61.8 Å². The van der Waals surface area contributed by atoms with Gasteiger partial charge in [-0.15, -0.1) is 0 Å². The molecule has 1 heterocycles. The minimum Gasteiger partial charge on any atom is -0.390 e. The molecule has 0 aromatic carbocycles. The summed E-state index contributed by atoms with van der Waals surface area (Å²) in [5.41, 5.74) is 0.170. The summed E-state index contributed by atoms with van der Waals surface area (Å²) in [6, 6.07) is 0. The number of carbonyl (C=O) groups excluding carboxylic acids is 1. The van der Waals surface area contributed by atoms with Gasteiger partial charge in [-0.25, -0.2) is 0 Å². The molecule has 2 N–H and O–H groups in total. The quantitative estimate of drug-likeness (QED) is 0.744. The summed E-state index contributed by atoms with van der Waals surface area (Å²) in [6.45, 7) is 10.5. The summed E-state index contributed by atoms with van der Waals surface area (Å²) >= 11 is 0. The van der Waals surface area contributed by atoms with Crippen molar-refractivity contribution in [3.8, 4) is 0 Å². The first-order chi connectivity index (χ1) is 8.87. The fourth-order valence-electron chi connectivity index (χ4n) is 1.95. The van der Waals surface area contributed by atoms with Crippen LogP contribution in [0.2, 0.25) is 0 Å². The van der Waals surface area contributed by atoms with Crippen LogP contribution in [0.25, 0.3) is 0 Å². The second kappa shape index (κ2) is 7.82. The third kappa shape index (κ3) is 8.18. The van der Waals surface area contributed by atoms with Crippen molar-refractivity contribution in [1.29, 1.82) is 0 Å². The van der Waals surface area contributed by atoms with Crippen LogP contribution >= 0.6 is 0 Å². The second-order valence-corrected chi connectivity index (χ2v) is 6.43. The molecule has 1 atom stereocenters. The first-order valence-corrected chi connectivity index (χ1v) is 7.12. The van der Waals surface area contributed by atoms with Crippen molar-refractivity contribution in [3.63, 3.8) is 0 Å². The van der Waals surface area contributed by atoms with Crippen LogP contribution < -0.4 is 5.32 Å². The monoisotopic (exact) mass is 272 g/mol. The molecule has 0 aromatic rings. The van der Waals surface area contributed by atoms with Crippen LogP contribution in [0.3, 0.4) is 0 Å². The average molecular weight is 272 g/mol. The Morgan fingerprint density at radius 3 is 2.58 bits per heavy atom. The van der Waals surface area contributed by atoms with Crippen LogP contribution in [-0.2, 0) is 9.53 Å². The van der Waals surface area contributed by atoms with Gasteiger partial charge in [-0.05, 0) is 11.8 Å². The maximum atomic E-state index is 11.6. The molecule has 0 radical (unpaired) electrons. The predicted molar refractivity (Wildman–Crippen MR) is 75.0 cm³/mol. The van der Waals surface area contributed by atoms with Crippen LogP contribution in [-0.4, -0.2) is 61.4 Å². The number of carbonyl (C=O) groups is 1. The van der Waals surface area contributed by atoms with Gasteiger partial charge in [-0.3, -0.25) is 9.69 Å². The summed E-state index contributed by atoms with van der Waals surface area (Å²) in [5.74, 6) is 0.0240. The van der Waals surface area contributed by atoms with Gasteiger partial charge < -0.3 is 15.2 Å². The van der Waals surface area contributed by atoms with E-state index >= 15 is 0 Å². The molecule has 1 rings (SSSR count). The van der Waals surface area contributed by atoms with E-state index in [-0.39, 0.29) is 11.3 Å². The van der Waals surface area contributed by atoms with Crippen molar-refractivity contribution in [1.82, 2.24) is 10.2 Å². The van der Waals surface area contributed by atoms with E-state index in [1.807, 2.05) is 0 Å². The molecule has 1 fully saturated rings. The van der Waals surface area contributed by atoms with E-state index in [0.29, 0.717) is 19.5 Å². The standard InChI is InChI=1S/C14H28N2O3/c1-14(2,3)5-4-13(18)15-10-12(17)11-16-6-8-19-9-7-16/h12,17H,4-11H2,1-3H3,(H,15,18). The average Bonchev–Trinajstić information content (AvgIpc) is 2.34. The van der Waals surface area contributed by atoms with E-state index in [0.717, 1.165) is 32.7 Å². The second-order valence-electron chi connectivity index (χ2n) is 6.43. The van der Waals surface area contributed by atoms with Crippen LogP contribution in [0, 0.1) is 5.41 Å². The molecular weight excluding hydrogens is 244 g/mol. The number of rotatable bonds is 6. The molecule has 1 aliphatic heterocycles. The summed E-state index contributed by atoms with van der Waals surface area (Å²) in [4.78, 5) is 13.8. The van der Waals surface area contributed by atoms with Gasteiger partial charge >= 0.3 is 0 Å². The largest absolute Gasteiger partial charge is 0.390 e. The fraction of sp³-hybridized carbons (Fsp3) is 0.929. The highest BCUT2D eigenvalue weighted by Crippen LogP contribution is 2.20. The molecule has 1 aliphatic rings. The number of hydrogen-bond donors (Lipinski definition) is 2. The molecule has 1 unspecified atom stereocenters. The van der Waals surface area contributed by atoms with Gasteiger partial charge in [0.05, 0.1) is 19.3 Å². The smallest absolute Gasteiger partial charge is 0.220 e. The Kier molecular flexibility index (Phi) is 6.75. The summed E-state index contributed by atoms with van der Waals surface area (Å²) < 4.78 is 5.25. The highest BCUT2D eigenvalue weighted by Gasteiger charge is 2.16. The van der Waals surface area contributed by atoms with Gasteiger partial charge in [0, 0.05) is 32.6 Å². The van der Waals surface area contributed by atoms with Crippen molar-refractivity contribution >= 4 is 5.91 Å². The maximum absolute atomic E-state index is 11.6. The van der Waals surface area contributed by atoms with Gasteiger partial charge in [0.1, 0.15) is 0 Å². The molecule has 0 aromatic heterocycles. The number of morpholine rings is 1. The Labute approximate surface area is 116 Å². The number of nitrogens with zero attached hydrogens (tertiary/aromatic N) is 1. The molecule has 5 heteroatoms. The highest BCUT2D eigenvalue weighted by molar-refractivity contribution is 5.75. The third-order valence-electron chi connectivity index (χ3n) is 3.21. The number of ether oxygens (including phenoxy) is 1. The molecule has 5 nitrogen and oxygen atoms in total. The Balaban J connectivity index is 2.11. The number of β-amino-alcohol motifs (C(OH)–C–C–N with tert-alkyl or cyclic N) is 1. The van der Waals surface area contributed by atoms with Gasteiger partial charge in [0.15, 0.2) is 0 Å². The summed E-state index contributed by atoms with van der Waals surface area (Å²) in [5, 5.41) is 12.7. The lowest BCUT2D eigenvalue weighted by atomic mass is 9.90. The lowest BCUT2D eigenvalue weighted by molar-refractivity contribution is -0.122. The van der Waals surface area contributed by atoms with Crippen LogP contribution in [0.4, 0.5) is 0 Å². The minimum absolute atomic E-state index is 0.0240. The molecule has 1 amide bonds. The predicted octanol–water partition coefficient (Wildman–Crippen LogP) is 0.622. The Morgan fingerprint density at radius 2 is 2.00 bits per heavy atom. The van der Waals surface area contributed by atoms with Crippen LogP contribution in [0.15, 0.2) is 0 Å². The zero-order valence-electron chi connectivity index (χ0n) is 12.4. The summed E-state index contributed by atoms with van der Waals surface area (Å²) in [6.07, 6.45) is 0.878. The van der Waals surface area contributed by atoms with Gasteiger partial charge in [-0.1, -0.05) is 20.8 Å². The van der Waals surface area contributed by atoms with E-state index in [4.69, 9.17) is 4.74 Å². The molecule has 0 saturated carbocycles. The number of aliphatic hydroxyl groups excluding tert-OH is 1. The molecule has 19 heavy (non-hydrogen) atoms. The number of amides is 1. The lowest BCUT2D eigenvalue weighted by Crippen LogP contribution is -2.44. The van der Waals surface area contributed by atoms with Gasteiger partial charge in [-0.2, -0.15) is 0 Å². The third-order valence-corrected chi connectivity index (χ3v) is 3.21. The number of nitrogens with one attached hydrogen (secondary N) is 1. The normalized spacial score (nSPS) is 19.2. The van der Waals surface area contributed by atoms with Crippen molar-refractivity contribution in [2.45, 2.75) is 39.7 Å². The Bertz CT molecular complexity index is 270. The molecular formula is C14H28N2O3. The van der Waals surface area contributed by atoms with Crippen LogP contribution in [0.1, 0.15) is 33.6 Å². The molecule has 1 saturated heterocycles. The SMILES string of the molecule is CC(C)(C)CCC(=O)NCC(O)CN1CCOCC1. The minimum atomic E-state index is -0.503. The van der Waals surface area contributed by atoms with Crippen molar-refractivity contribution in [2.24, 2.45) is 5.41 Å². The van der Waals surface area contributed by atoms with Crippen molar-refractivity contribution < 1.29 is 14.6 Å². The molecule has 0 spiro atoms. The first-order valence-electron chi connectivity index (χ1n) is 7.12. The molecule has 0 bridgehead atoms. The zero-order valence-corrected chi connectivity index (χ0v) is 12.4. The van der Waals surface area contributed by atoms with E-state index in [1.165, 1.54) is 0 Å². The van der Waals surface area contributed by atoms with Crippen molar-refractivity contribution in [2.75, 3.05) is 39.4 Å². The van der Waals surface area contributed by atoms with Crippen LogP contribution in [0.5, 0.6) is 0 Å². The zero-order chi connectivity index (χ0) is 14.3. The lowest BCUT2D eigenvalue weighted by Gasteiger charge is -2.28. The van der Waals surface area contributed by atoms with Gasteiger partial charge in [0.2, 0.25) is 5.91 Å². The van der Waals surface area contributed by atoms with Gasteiger partial charge in [0.25, 0.3) is 0 Å². The van der Waals surface area contributed by atoms with E-state index in [9.17, 15) is 9.90 Å². The van der Waals surface area contributed by atoms with E-state index in [2.05, 4.69) is 31.0 Å². The number of hydrogen-bond acceptors (Lipinski definition) is 4. The Morgan fingerprint density at radius 1 is 1.37 bits per heavy atom. The van der Waals surface area contributed by atoms with Crippen molar-refractivity contribution in [3.05, 3.63) is 0 Å². The fourth-order valence-corrected chi connectivity index (χ4v) is 1.95. The first kappa shape index (κ1) is 16.4. The van der Waals surface area contributed by atoms with E-state index in [1.54, 1.807) is 0 Å². The molecule has 0 aliphatic carbocycles. The number of aliphatic hydroxyl groups is 1.